The Morgan fingerprint density at radius 2 is 1.79 bits per heavy atom. The van der Waals surface area contributed by atoms with E-state index in [0.29, 0.717) is 44.5 Å². The first-order valence-electron chi connectivity index (χ1n) is 10.2. The third-order valence-electron chi connectivity index (χ3n) is 5.87. The van der Waals surface area contributed by atoms with Crippen LogP contribution in [0.5, 0.6) is 0 Å². The average Bonchev–Trinajstić information content (AvgIpc) is 3.42. The number of hydrogen-bond acceptors (Lipinski definition) is 7. The minimum absolute atomic E-state index is 0.0717. The van der Waals surface area contributed by atoms with Crippen molar-refractivity contribution in [2.24, 2.45) is 5.92 Å². The maximum Gasteiger partial charge on any atom is 0.245 e. The number of fused-ring (bicyclic) bond motifs is 1. The molecule has 4 heterocycles. The highest BCUT2D eigenvalue weighted by Crippen LogP contribution is 2.30. The highest BCUT2D eigenvalue weighted by Gasteiger charge is 2.36. The molecule has 152 valence electrons. The van der Waals surface area contributed by atoms with E-state index in [1.807, 2.05) is 9.47 Å². The molecular weight excluding hydrogens is 372 g/mol. The zero-order valence-corrected chi connectivity index (χ0v) is 16.2. The summed E-state index contributed by atoms with van der Waals surface area (Å²) in [6.07, 6.45) is 6.85. The van der Waals surface area contributed by atoms with Gasteiger partial charge in [-0.15, -0.1) is 10.2 Å². The van der Waals surface area contributed by atoms with Crippen LogP contribution in [0.1, 0.15) is 37.0 Å². The van der Waals surface area contributed by atoms with E-state index in [2.05, 4.69) is 30.4 Å². The molecule has 10 nitrogen and oxygen atoms in total. The standard InChI is InChI=1S/C19H24N8O2/c28-17(13-2-3-13)22-12-16-24-23-15-5-4-14(27(15)16)18(29)25-8-10-26(11-9-25)19-20-6-1-7-21-19/h1,6-7,13-14H,2-5,8-12H2,(H,22,28). The van der Waals surface area contributed by atoms with Crippen LogP contribution in [-0.4, -0.2) is 67.6 Å². The normalized spacial score (nSPS) is 21.2. The van der Waals surface area contributed by atoms with Crippen LogP contribution >= 0.6 is 0 Å². The largest absolute Gasteiger partial charge is 0.349 e. The number of aryl methyl sites for hydroxylation is 1. The van der Waals surface area contributed by atoms with Gasteiger partial charge in [0.2, 0.25) is 17.8 Å². The minimum Gasteiger partial charge on any atom is -0.349 e. The lowest BCUT2D eigenvalue weighted by atomic mass is 10.1. The smallest absolute Gasteiger partial charge is 0.245 e. The van der Waals surface area contributed by atoms with Gasteiger partial charge in [-0.05, 0) is 25.3 Å². The Morgan fingerprint density at radius 1 is 1.03 bits per heavy atom. The Morgan fingerprint density at radius 3 is 2.52 bits per heavy atom. The van der Waals surface area contributed by atoms with E-state index >= 15 is 0 Å². The van der Waals surface area contributed by atoms with Crippen molar-refractivity contribution in [3.05, 3.63) is 30.1 Å². The summed E-state index contributed by atoms with van der Waals surface area (Å²) in [4.78, 5) is 37.8. The molecular formula is C19H24N8O2. The predicted octanol–water partition coefficient (Wildman–Crippen LogP) is -0.0696. The van der Waals surface area contributed by atoms with Crippen LogP contribution in [0.4, 0.5) is 5.95 Å². The Balaban J connectivity index is 1.23. The molecule has 1 N–H and O–H groups in total. The Hall–Kier alpha value is -3.04. The fourth-order valence-corrected chi connectivity index (χ4v) is 4.09. The van der Waals surface area contributed by atoms with Gasteiger partial charge in [0.15, 0.2) is 5.82 Å². The second-order valence-electron chi connectivity index (χ2n) is 7.81. The van der Waals surface area contributed by atoms with Crippen LogP contribution in [-0.2, 0) is 22.6 Å². The Labute approximate surface area is 168 Å². The molecule has 2 aromatic rings. The molecule has 0 aromatic carbocycles. The first-order chi connectivity index (χ1) is 14.2. The summed E-state index contributed by atoms with van der Waals surface area (Å²) in [5.74, 6) is 2.53. The number of nitrogens with zero attached hydrogens (tertiary/aromatic N) is 7. The SMILES string of the molecule is O=C(NCc1nnc2n1C(C(=O)N1CCN(c3ncccn3)CC1)CC2)C1CC1. The first-order valence-corrected chi connectivity index (χ1v) is 10.2. The molecule has 0 bridgehead atoms. The molecule has 5 rings (SSSR count). The molecule has 1 saturated heterocycles. The molecule has 0 radical (unpaired) electrons. The number of amides is 2. The van der Waals surface area contributed by atoms with Crippen molar-refractivity contribution in [3.8, 4) is 0 Å². The van der Waals surface area contributed by atoms with Gasteiger partial charge in [-0.25, -0.2) is 9.97 Å². The van der Waals surface area contributed by atoms with Crippen LogP contribution in [0.15, 0.2) is 18.5 Å². The van der Waals surface area contributed by atoms with Crippen molar-refractivity contribution < 1.29 is 9.59 Å². The molecule has 0 spiro atoms. The van der Waals surface area contributed by atoms with Gasteiger partial charge in [0.05, 0.1) is 6.54 Å². The van der Waals surface area contributed by atoms with Gasteiger partial charge in [-0.1, -0.05) is 0 Å². The summed E-state index contributed by atoms with van der Waals surface area (Å²) in [5, 5.41) is 11.4. The van der Waals surface area contributed by atoms with E-state index in [9.17, 15) is 9.59 Å². The number of aromatic nitrogens is 5. The van der Waals surface area contributed by atoms with Gasteiger partial charge in [-0.2, -0.15) is 0 Å². The summed E-state index contributed by atoms with van der Waals surface area (Å²) in [5.41, 5.74) is 0. The molecule has 1 unspecified atom stereocenters. The van der Waals surface area contributed by atoms with Gasteiger partial charge in [-0.3, -0.25) is 9.59 Å². The number of rotatable bonds is 5. The maximum absolute atomic E-state index is 13.2. The summed E-state index contributed by atoms with van der Waals surface area (Å²) in [6.45, 7) is 3.02. The molecule has 1 saturated carbocycles. The lowest BCUT2D eigenvalue weighted by molar-refractivity contribution is -0.135. The minimum atomic E-state index is -0.285. The van der Waals surface area contributed by atoms with Gasteiger partial charge < -0.3 is 19.7 Å². The van der Waals surface area contributed by atoms with Gasteiger partial charge in [0, 0.05) is 50.9 Å². The molecule has 2 amide bonds. The topological polar surface area (TPSA) is 109 Å². The lowest BCUT2D eigenvalue weighted by Gasteiger charge is -2.36. The number of hydrogen-bond donors (Lipinski definition) is 1. The number of anilines is 1. The zero-order valence-electron chi connectivity index (χ0n) is 16.2. The molecule has 2 aliphatic heterocycles. The molecule has 2 aromatic heterocycles. The van der Waals surface area contributed by atoms with Crippen LogP contribution in [0.2, 0.25) is 0 Å². The number of carbonyl (C=O) groups is 2. The number of carbonyl (C=O) groups excluding carboxylic acids is 2. The third kappa shape index (κ3) is 3.54. The average molecular weight is 396 g/mol. The van der Waals surface area contributed by atoms with Crippen LogP contribution < -0.4 is 10.2 Å². The van der Waals surface area contributed by atoms with Crippen molar-refractivity contribution in [1.82, 2.24) is 34.9 Å². The molecule has 1 aliphatic carbocycles. The van der Waals surface area contributed by atoms with Gasteiger partial charge in [0.1, 0.15) is 11.9 Å². The van der Waals surface area contributed by atoms with E-state index in [4.69, 9.17) is 0 Å². The van der Waals surface area contributed by atoms with E-state index in [1.54, 1.807) is 18.5 Å². The summed E-state index contributed by atoms with van der Waals surface area (Å²) in [6, 6.07) is 1.51. The Kier molecular flexibility index (Phi) is 4.61. The fourth-order valence-electron chi connectivity index (χ4n) is 4.09. The van der Waals surface area contributed by atoms with E-state index in [1.165, 1.54) is 0 Å². The van der Waals surface area contributed by atoms with Crippen molar-refractivity contribution in [2.45, 2.75) is 38.3 Å². The van der Waals surface area contributed by atoms with Crippen molar-refractivity contribution in [3.63, 3.8) is 0 Å². The number of nitrogens with one attached hydrogen (secondary N) is 1. The third-order valence-corrected chi connectivity index (χ3v) is 5.87. The van der Waals surface area contributed by atoms with Crippen LogP contribution in [0.25, 0.3) is 0 Å². The van der Waals surface area contributed by atoms with E-state index in [-0.39, 0.29) is 23.8 Å². The van der Waals surface area contributed by atoms with E-state index < -0.39 is 0 Å². The molecule has 2 fully saturated rings. The second-order valence-corrected chi connectivity index (χ2v) is 7.81. The first kappa shape index (κ1) is 18.0. The number of piperazine rings is 1. The van der Waals surface area contributed by atoms with Crippen molar-refractivity contribution >= 4 is 17.8 Å². The second kappa shape index (κ2) is 7.41. The zero-order chi connectivity index (χ0) is 19.8. The lowest BCUT2D eigenvalue weighted by Crippen LogP contribution is -2.51. The highest BCUT2D eigenvalue weighted by atomic mass is 16.2. The van der Waals surface area contributed by atoms with Crippen molar-refractivity contribution in [1.29, 1.82) is 0 Å². The van der Waals surface area contributed by atoms with Gasteiger partial charge in [0.25, 0.3) is 0 Å². The summed E-state index contributed by atoms with van der Waals surface area (Å²) < 4.78 is 1.93. The summed E-state index contributed by atoms with van der Waals surface area (Å²) >= 11 is 0. The summed E-state index contributed by atoms with van der Waals surface area (Å²) in [7, 11) is 0. The molecule has 1 atom stereocenters. The van der Waals surface area contributed by atoms with E-state index in [0.717, 1.165) is 31.5 Å². The molecule has 10 heteroatoms. The maximum atomic E-state index is 13.2. The van der Waals surface area contributed by atoms with Crippen LogP contribution in [0, 0.1) is 5.92 Å². The van der Waals surface area contributed by atoms with Crippen LogP contribution in [0.3, 0.4) is 0 Å². The quantitative estimate of drug-likeness (QED) is 0.753. The monoisotopic (exact) mass is 396 g/mol. The fraction of sp³-hybridized carbons (Fsp3) is 0.579. The molecule has 29 heavy (non-hydrogen) atoms. The Bertz CT molecular complexity index is 902. The predicted molar refractivity (Wildman–Crippen MR) is 103 cm³/mol. The molecule has 3 aliphatic rings. The highest BCUT2D eigenvalue weighted by molar-refractivity contribution is 5.82. The van der Waals surface area contributed by atoms with Gasteiger partial charge >= 0.3 is 0 Å². The van der Waals surface area contributed by atoms with Crippen molar-refractivity contribution in [2.75, 3.05) is 31.1 Å².